The van der Waals surface area contributed by atoms with Crippen molar-refractivity contribution in [1.29, 1.82) is 0 Å². The number of aryl methyl sites for hydroxylation is 3. The van der Waals surface area contributed by atoms with Crippen LogP contribution < -0.4 is 10.6 Å². The molecule has 0 heterocycles. The van der Waals surface area contributed by atoms with Crippen molar-refractivity contribution in [3.63, 3.8) is 0 Å². The first kappa shape index (κ1) is 15.5. The van der Waals surface area contributed by atoms with Gasteiger partial charge in [0.15, 0.2) is 0 Å². The predicted molar refractivity (Wildman–Crippen MR) is 77.2 cm³/mol. The van der Waals surface area contributed by atoms with E-state index in [1.54, 1.807) is 6.92 Å². The average molecular weight is 264 g/mol. The summed E-state index contributed by atoms with van der Waals surface area (Å²) in [6, 6.07) is 4.05. The zero-order valence-corrected chi connectivity index (χ0v) is 12.2. The Morgan fingerprint density at radius 3 is 2.32 bits per heavy atom. The fourth-order valence-electron chi connectivity index (χ4n) is 2.11. The highest BCUT2D eigenvalue weighted by molar-refractivity contribution is 5.73. The Labute approximate surface area is 115 Å². The highest BCUT2D eigenvalue weighted by Crippen LogP contribution is 2.15. The number of nitrogens with one attached hydrogen (secondary N) is 2. The lowest BCUT2D eigenvalue weighted by Gasteiger charge is -2.13. The lowest BCUT2D eigenvalue weighted by molar-refractivity contribution is 0.183. The number of hydrogen-bond donors (Lipinski definition) is 3. The topological polar surface area (TPSA) is 61.4 Å². The fraction of sp³-hybridized carbons (Fsp3) is 0.533. The highest BCUT2D eigenvalue weighted by atomic mass is 16.3. The van der Waals surface area contributed by atoms with Gasteiger partial charge in [-0.25, -0.2) is 4.79 Å². The lowest BCUT2D eigenvalue weighted by Crippen LogP contribution is -2.36. The van der Waals surface area contributed by atoms with Crippen molar-refractivity contribution < 1.29 is 9.90 Å². The first-order valence-electron chi connectivity index (χ1n) is 6.66. The second-order valence-electron chi connectivity index (χ2n) is 5.12. The molecule has 1 rings (SSSR count). The molecule has 3 N–H and O–H groups in total. The fourth-order valence-corrected chi connectivity index (χ4v) is 2.11. The van der Waals surface area contributed by atoms with Gasteiger partial charge in [-0.2, -0.15) is 0 Å². The van der Waals surface area contributed by atoms with Crippen LogP contribution in [0.25, 0.3) is 0 Å². The molecule has 19 heavy (non-hydrogen) atoms. The Hall–Kier alpha value is -1.55. The van der Waals surface area contributed by atoms with E-state index in [0.29, 0.717) is 19.5 Å². The van der Waals surface area contributed by atoms with Crippen LogP contribution in [0.1, 0.15) is 35.6 Å². The summed E-state index contributed by atoms with van der Waals surface area (Å²) in [5.41, 5.74) is 4.79. The van der Waals surface area contributed by atoms with E-state index >= 15 is 0 Å². The van der Waals surface area contributed by atoms with Gasteiger partial charge < -0.3 is 15.7 Å². The van der Waals surface area contributed by atoms with Crippen LogP contribution in [0.5, 0.6) is 0 Å². The summed E-state index contributed by atoms with van der Waals surface area (Å²) in [4.78, 5) is 11.6. The van der Waals surface area contributed by atoms with E-state index in [4.69, 9.17) is 5.11 Å². The van der Waals surface area contributed by atoms with Crippen molar-refractivity contribution >= 4 is 6.03 Å². The Morgan fingerprint density at radius 2 is 1.79 bits per heavy atom. The molecule has 0 fully saturated rings. The number of amides is 2. The maximum Gasteiger partial charge on any atom is 0.315 e. The van der Waals surface area contributed by atoms with Crippen molar-refractivity contribution in [3.8, 4) is 0 Å². The van der Waals surface area contributed by atoms with Crippen LogP contribution in [0, 0.1) is 20.8 Å². The summed E-state index contributed by atoms with van der Waals surface area (Å²) in [6.07, 6.45) is 0.178. The van der Waals surface area contributed by atoms with Crippen molar-refractivity contribution in [2.75, 3.05) is 6.54 Å². The molecule has 4 heteroatoms. The van der Waals surface area contributed by atoms with Gasteiger partial charge >= 0.3 is 6.03 Å². The van der Waals surface area contributed by atoms with Gasteiger partial charge in [0.25, 0.3) is 0 Å². The van der Waals surface area contributed by atoms with Gasteiger partial charge in [0.2, 0.25) is 0 Å². The van der Waals surface area contributed by atoms with Crippen LogP contribution in [0.4, 0.5) is 4.79 Å². The smallest absolute Gasteiger partial charge is 0.315 e. The monoisotopic (exact) mass is 264 g/mol. The summed E-state index contributed by atoms with van der Waals surface area (Å²) < 4.78 is 0. The molecular weight excluding hydrogens is 240 g/mol. The average Bonchev–Trinajstić information content (AvgIpc) is 2.26. The van der Waals surface area contributed by atoms with Gasteiger partial charge in [-0.05, 0) is 50.8 Å². The molecule has 0 spiro atoms. The molecular formula is C15H24N2O2. The second-order valence-corrected chi connectivity index (χ2v) is 5.12. The summed E-state index contributed by atoms with van der Waals surface area (Å²) >= 11 is 0. The third-order valence-electron chi connectivity index (χ3n) is 3.11. The molecule has 0 aliphatic heterocycles. The van der Waals surface area contributed by atoms with Gasteiger partial charge in [-0.1, -0.05) is 17.7 Å². The minimum absolute atomic E-state index is 0.194. The van der Waals surface area contributed by atoms with Crippen LogP contribution in [0.15, 0.2) is 12.1 Å². The number of urea groups is 1. The van der Waals surface area contributed by atoms with Gasteiger partial charge in [-0.15, -0.1) is 0 Å². The normalized spacial score (nSPS) is 12.1. The van der Waals surface area contributed by atoms with Crippen molar-refractivity contribution in [2.45, 2.75) is 46.8 Å². The quantitative estimate of drug-likeness (QED) is 0.763. The van der Waals surface area contributed by atoms with Gasteiger partial charge in [-0.3, -0.25) is 0 Å². The molecule has 106 valence electrons. The van der Waals surface area contributed by atoms with Crippen LogP contribution in [-0.4, -0.2) is 23.8 Å². The first-order chi connectivity index (χ1) is 8.90. The summed E-state index contributed by atoms with van der Waals surface area (Å²) in [5, 5.41) is 14.7. The van der Waals surface area contributed by atoms with Crippen LogP contribution in [0.2, 0.25) is 0 Å². The zero-order chi connectivity index (χ0) is 14.4. The maximum absolute atomic E-state index is 11.6. The zero-order valence-electron chi connectivity index (χ0n) is 12.2. The number of benzene rings is 1. The minimum Gasteiger partial charge on any atom is -0.393 e. The number of carbonyl (C=O) groups is 1. The largest absolute Gasteiger partial charge is 0.393 e. The summed E-state index contributed by atoms with van der Waals surface area (Å²) in [5.74, 6) is 0. The predicted octanol–water partition coefficient (Wildman–Crippen LogP) is 2.18. The molecule has 2 amide bonds. The van der Waals surface area contributed by atoms with E-state index in [0.717, 1.165) is 5.56 Å². The van der Waals surface area contributed by atoms with Crippen molar-refractivity contribution in [1.82, 2.24) is 10.6 Å². The van der Waals surface area contributed by atoms with E-state index < -0.39 is 0 Å². The lowest BCUT2D eigenvalue weighted by atomic mass is 10.00. The highest BCUT2D eigenvalue weighted by Gasteiger charge is 2.06. The SMILES string of the molecule is Cc1cc(C)c(CNC(=O)NCCC(C)O)c(C)c1. The van der Waals surface area contributed by atoms with Crippen LogP contribution >= 0.6 is 0 Å². The van der Waals surface area contributed by atoms with E-state index in [1.807, 2.05) is 0 Å². The molecule has 1 aromatic rings. The molecule has 0 aliphatic carbocycles. The van der Waals surface area contributed by atoms with Gasteiger partial charge in [0, 0.05) is 13.1 Å². The van der Waals surface area contributed by atoms with Crippen molar-refractivity contribution in [3.05, 3.63) is 34.4 Å². The summed E-state index contributed by atoms with van der Waals surface area (Å²) in [7, 11) is 0. The number of carbonyl (C=O) groups excluding carboxylic acids is 1. The molecule has 1 aromatic carbocycles. The molecule has 0 saturated carbocycles. The number of aliphatic hydroxyl groups excluding tert-OH is 1. The third-order valence-corrected chi connectivity index (χ3v) is 3.11. The number of aliphatic hydroxyl groups is 1. The Kier molecular flexibility index (Phi) is 5.83. The minimum atomic E-state index is -0.387. The van der Waals surface area contributed by atoms with Crippen LogP contribution in [-0.2, 0) is 6.54 Å². The van der Waals surface area contributed by atoms with E-state index in [9.17, 15) is 4.79 Å². The second kappa shape index (κ2) is 7.14. The molecule has 4 nitrogen and oxygen atoms in total. The Morgan fingerprint density at radius 1 is 1.21 bits per heavy atom. The molecule has 0 aromatic heterocycles. The van der Waals surface area contributed by atoms with E-state index in [2.05, 4.69) is 43.5 Å². The van der Waals surface area contributed by atoms with Crippen molar-refractivity contribution in [2.24, 2.45) is 0 Å². The molecule has 0 aliphatic rings. The molecule has 0 radical (unpaired) electrons. The van der Waals surface area contributed by atoms with Crippen LogP contribution in [0.3, 0.4) is 0 Å². The maximum atomic E-state index is 11.6. The number of rotatable bonds is 5. The summed E-state index contributed by atoms with van der Waals surface area (Å²) in [6.45, 7) is 8.90. The van der Waals surface area contributed by atoms with E-state index in [-0.39, 0.29) is 12.1 Å². The molecule has 1 atom stereocenters. The first-order valence-corrected chi connectivity index (χ1v) is 6.66. The Bertz CT molecular complexity index is 419. The molecule has 0 bridgehead atoms. The van der Waals surface area contributed by atoms with E-state index in [1.165, 1.54) is 16.7 Å². The van der Waals surface area contributed by atoms with Gasteiger partial charge in [0.1, 0.15) is 0 Å². The number of hydrogen-bond acceptors (Lipinski definition) is 2. The Balaban J connectivity index is 2.46. The molecule has 0 saturated heterocycles. The third kappa shape index (κ3) is 5.30. The molecule has 1 unspecified atom stereocenters. The standard InChI is InChI=1S/C15H24N2O2/c1-10-7-11(2)14(12(3)8-10)9-17-15(19)16-6-5-13(4)18/h7-8,13,18H,5-6,9H2,1-4H3,(H2,16,17,19). The van der Waals surface area contributed by atoms with Gasteiger partial charge in [0.05, 0.1) is 6.10 Å².